The fourth-order valence-electron chi connectivity index (χ4n) is 1.12. The second-order valence-electron chi connectivity index (χ2n) is 4.17. The van der Waals surface area contributed by atoms with E-state index >= 15 is 0 Å². The van der Waals surface area contributed by atoms with Gasteiger partial charge in [0, 0.05) is 6.04 Å². The van der Waals surface area contributed by atoms with Crippen molar-refractivity contribution in [2.45, 2.75) is 46.2 Å². The molecule has 3 N–H and O–H groups in total. The molecule has 3 nitrogen and oxygen atoms in total. The van der Waals surface area contributed by atoms with Crippen LogP contribution in [0.4, 0.5) is 0 Å². The van der Waals surface area contributed by atoms with E-state index in [1.54, 1.807) is 0 Å². The molecule has 0 heterocycles. The summed E-state index contributed by atoms with van der Waals surface area (Å²) in [5.74, 6) is 2.39. The summed E-state index contributed by atoms with van der Waals surface area (Å²) in [6, 6.07) is -0.160. The molecular formula is C11H24N2OS. The Bertz CT molecular complexity index is 185. The molecule has 0 rings (SSSR count). The van der Waals surface area contributed by atoms with Crippen molar-refractivity contribution in [3.63, 3.8) is 0 Å². The number of carbonyl (C=O) groups excluding carboxylic acids is 1. The molecule has 0 saturated carbocycles. The fourth-order valence-corrected chi connectivity index (χ4v) is 1.93. The van der Waals surface area contributed by atoms with E-state index in [1.807, 2.05) is 32.5 Å². The number of hydrogen-bond donors (Lipinski definition) is 2. The lowest BCUT2D eigenvalue weighted by Gasteiger charge is -2.19. The number of thioether (sulfide) groups is 1. The summed E-state index contributed by atoms with van der Waals surface area (Å²) in [7, 11) is 0. The van der Waals surface area contributed by atoms with Gasteiger partial charge in [0.05, 0.1) is 6.04 Å². The summed E-state index contributed by atoms with van der Waals surface area (Å²) in [6.45, 7) is 8.09. The summed E-state index contributed by atoms with van der Waals surface area (Å²) in [6.07, 6.45) is 1.01. The van der Waals surface area contributed by atoms with Crippen LogP contribution in [0.15, 0.2) is 0 Å². The van der Waals surface area contributed by atoms with Crippen LogP contribution in [-0.4, -0.2) is 29.5 Å². The van der Waals surface area contributed by atoms with Gasteiger partial charge in [0.1, 0.15) is 0 Å². The molecule has 0 aromatic rings. The fraction of sp³-hybridized carbons (Fsp3) is 0.909. The Hall–Kier alpha value is -0.220. The first-order chi connectivity index (χ1) is 6.99. The van der Waals surface area contributed by atoms with E-state index in [0.29, 0.717) is 0 Å². The SMILES string of the molecule is CCSCCC(C)NC(=O)[C@@H](N)C(C)C. The van der Waals surface area contributed by atoms with Gasteiger partial charge in [-0.25, -0.2) is 0 Å². The van der Waals surface area contributed by atoms with Gasteiger partial charge in [-0.3, -0.25) is 4.79 Å². The Morgan fingerprint density at radius 1 is 1.40 bits per heavy atom. The van der Waals surface area contributed by atoms with Crippen LogP contribution in [0.25, 0.3) is 0 Å². The molecule has 0 aliphatic rings. The van der Waals surface area contributed by atoms with Crippen LogP contribution in [0.2, 0.25) is 0 Å². The highest BCUT2D eigenvalue weighted by molar-refractivity contribution is 7.99. The monoisotopic (exact) mass is 232 g/mol. The summed E-state index contributed by atoms with van der Waals surface area (Å²) in [5.41, 5.74) is 5.75. The van der Waals surface area contributed by atoms with E-state index in [9.17, 15) is 4.79 Å². The minimum atomic E-state index is -0.383. The van der Waals surface area contributed by atoms with Crippen LogP contribution in [0.5, 0.6) is 0 Å². The van der Waals surface area contributed by atoms with Gasteiger partial charge in [0.25, 0.3) is 0 Å². The average Bonchev–Trinajstić information content (AvgIpc) is 2.16. The molecule has 0 aromatic heterocycles. The Labute approximate surface area is 97.6 Å². The number of amides is 1. The Balaban J connectivity index is 3.75. The lowest BCUT2D eigenvalue weighted by molar-refractivity contribution is -0.123. The third-order valence-corrected chi connectivity index (χ3v) is 3.24. The molecule has 0 spiro atoms. The van der Waals surface area contributed by atoms with Crippen molar-refractivity contribution in [2.75, 3.05) is 11.5 Å². The van der Waals surface area contributed by atoms with E-state index < -0.39 is 0 Å². The summed E-state index contributed by atoms with van der Waals surface area (Å²) in [5, 5.41) is 2.94. The van der Waals surface area contributed by atoms with Crippen LogP contribution in [0.1, 0.15) is 34.1 Å². The molecule has 0 aliphatic carbocycles. The van der Waals surface area contributed by atoms with Crippen molar-refractivity contribution in [3.05, 3.63) is 0 Å². The zero-order valence-electron chi connectivity index (χ0n) is 10.2. The molecule has 15 heavy (non-hydrogen) atoms. The number of nitrogens with one attached hydrogen (secondary N) is 1. The van der Waals surface area contributed by atoms with Gasteiger partial charge in [-0.1, -0.05) is 20.8 Å². The van der Waals surface area contributed by atoms with Crippen molar-refractivity contribution in [1.82, 2.24) is 5.32 Å². The van der Waals surface area contributed by atoms with Gasteiger partial charge in [-0.05, 0) is 30.8 Å². The molecule has 4 heteroatoms. The molecule has 0 aromatic carbocycles. The summed E-state index contributed by atoms with van der Waals surface area (Å²) < 4.78 is 0. The number of rotatable bonds is 7. The second kappa shape index (κ2) is 7.99. The Morgan fingerprint density at radius 2 is 2.00 bits per heavy atom. The average molecular weight is 232 g/mol. The predicted molar refractivity (Wildman–Crippen MR) is 68.0 cm³/mol. The highest BCUT2D eigenvalue weighted by atomic mass is 32.2. The van der Waals surface area contributed by atoms with E-state index in [0.717, 1.165) is 17.9 Å². The minimum Gasteiger partial charge on any atom is -0.352 e. The standard InChI is InChI=1S/C11H24N2OS/c1-5-15-7-6-9(4)13-11(14)10(12)8(2)3/h8-10H,5-7,12H2,1-4H3,(H,13,14)/t9?,10-/m0/s1. The minimum absolute atomic E-state index is 0.0287. The maximum Gasteiger partial charge on any atom is 0.237 e. The van der Waals surface area contributed by atoms with Crippen LogP contribution in [0.3, 0.4) is 0 Å². The van der Waals surface area contributed by atoms with Crippen molar-refractivity contribution in [3.8, 4) is 0 Å². The summed E-state index contributed by atoms with van der Waals surface area (Å²) >= 11 is 1.90. The molecular weight excluding hydrogens is 208 g/mol. The van der Waals surface area contributed by atoms with E-state index in [2.05, 4.69) is 12.2 Å². The van der Waals surface area contributed by atoms with Gasteiger partial charge in [-0.15, -0.1) is 0 Å². The van der Waals surface area contributed by atoms with E-state index in [1.165, 1.54) is 0 Å². The second-order valence-corrected chi connectivity index (χ2v) is 5.56. The summed E-state index contributed by atoms with van der Waals surface area (Å²) in [4.78, 5) is 11.6. The zero-order valence-corrected chi connectivity index (χ0v) is 11.1. The number of hydrogen-bond acceptors (Lipinski definition) is 3. The van der Waals surface area contributed by atoms with E-state index in [-0.39, 0.29) is 23.9 Å². The molecule has 2 atom stereocenters. The molecule has 0 radical (unpaired) electrons. The molecule has 0 bridgehead atoms. The lowest BCUT2D eigenvalue weighted by atomic mass is 10.0. The third kappa shape index (κ3) is 6.79. The smallest absolute Gasteiger partial charge is 0.237 e. The number of nitrogens with two attached hydrogens (primary N) is 1. The van der Waals surface area contributed by atoms with Crippen molar-refractivity contribution in [2.24, 2.45) is 11.7 Å². The van der Waals surface area contributed by atoms with Crippen molar-refractivity contribution in [1.29, 1.82) is 0 Å². The van der Waals surface area contributed by atoms with Crippen LogP contribution < -0.4 is 11.1 Å². The Morgan fingerprint density at radius 3 is 2.47 bits per heavy atom. The molecule has 90 valence electrons. The van der Waals surface area contributed by atoms with Gasteiger partial charge in [0.15, 0.2) is 0 Å². The largest absolute Gasteiger partial charge is 0.352 e. The van der Waals surface area contributed by atoms with Crippen molar-refractivity contribution >= 4 is 17.7 Å². The van der Waals surface area contributed by atoms with Gasteiger partial charge in [-0.2, -0.15) is 11.8 Å². The first-order valence-corrected chi connectivity index (χ1v) is 6.78. The van der Waals surface area contributed by atoms with Gasteiger partial charge in [0.2, 0.25) is 5.91 Å². The van der Waals surface area contributed by atoms with Crippen molar-refractivity contribution < 1.29 is 4.79 Å². The van der Waals surface area contributed by atoms with Crippen LogP contribution >= 0.6 is 11.8 Å². The normalized spacial score (nSPS) is 15.1. The first-order valence-electron chi connectivity index (χ1n) is 5.62. The van der Waals surface area contributed by atoms with Gasteiger partial charge >= 0.3 is 0 Å². The first kappa shape index (κ1) is 14.8. The zero-order chi connectivity index (χ0) is 11.8. The maximum atomic E-state index is 11.6. The van der Waals surface area contributed by atoms with Crippen LogP contribution in [-0.2, 0) is 4.79 Å². The third-order valence-electron chi connectivity index (χ3n) is 2.31. The highest BCUT2D eigenvalue weighted by Gasteiger charge is 2.18. The molecule has 0 saturated heterocycles. The van der Waals surface area contributed by atoms with Gasteiger partial charge < -0.3 is 11.1 Å². The Kier molecular flexibility index (Phi) is 7.88. The predicted octanol–water partition coefficient (Wildman–Crippen LogP) is 1.62. The quantitative estimate of drug-likeness (QED) is 0.656. The topological polar surface area (TPSA) is 55.1 Å². The maximum absolute atomic E-state index is 11.6. The number of carbonyl (C=O) groups is 1. The molecule has 1 unspecified atom stereocenters. The molecule has 0 aliphatic heterocycles. The van der Waals surface area contributed by atoms with E-state index in [4.69, 9.17) is 5.73 Å². The van der Waals surface area contributed by atoms with Crippen LogP contribution in [0, 0.1) is 5.92 Å². The molecule has 1 amide bonds. The highest BCUT2D eigenvalue weighted by Crippen LogP contribution is 2.05. The lowest BCUT2D eigenvalue weighted by Crippen LogP contribution is -2.47. The molecule has 0 fully saturated rings.